The van der Waals surface area contributed by atoms with Crippen molar-refractivity contribution in [3.05, 3.63) is 47.5 Å². The minimum absolute atomic E-state index is 0.299. The van der Waals surface area contributed by atoms with Gasteiger partial charge in [0, 0.05) is 17.8 Å². The molecule has 0 atom stereocenters. The highest BCUT2D eigenvalue weighted by Gasteiger charge is 2.12. The molecule has 0 aliphatic heterocycles. The standard InChI is InChI=1S/C16H15F2NO3/c1-20-14-6-10(7-15(21-2)16(14)22-3)9-19-11-4-5-12(17)13(18)8-11/h4-9H,1-3H3. The number of halogens is 2. The molecular formula is C16H15F2NO3. The van der Waals surface area contributed by atoms with Crippen LogP contribution in [0, 0.1) is 11.6 Å². The van der Waals surface area contributed by atoms with E-state index >= 15 is 0 Å². The summed E-state index contributed by atoms with van der Waals surface area (Å²) in [5.41, 5.74) is 0.965. The van der Waals surface area contributed by atoms with E-state index in [1.807, 2.05) is 0 Å². The predicted molar refractivity (Wildman–Crippen MR) is 79.7 cm³/mol. The summed E-state index contributed by atoms with van der Waals surface area (Å²) in [6.07, 6.45) is 1.50. The van der Waals surface area contributed by atoms with Gasteiger partial charge in [-0.25, -0.2) is 8.78 Å². The quantitative estimate of drug-likeness (QED) is 0.790. The van der Waals surface area contributed by atoms with Crippen LogP contribution in [0.5, 0.6) is 17.2 Å². The summed E-state index contributed by atoms with van der Waals surface area (Å²) in [6, 6.07) is 6.82. The third-order valence-electron chi connectivity index (χ3n) is 2.95. The maximum Gasteiger partial charge on any atom is 0.203 e. The molecule has 0 spiro atoms. The maximum absolute atomic E-state index is 13.1. The lowest BCUT2D eigenvalue weighted by molar-refractivity contribution is 0.324. The normalized spacial score (nSPS) is 10.8. The van der Waals surface area contributed by atoms with Gasteiger partial charge >= 0.3 is 0 Å². The average Bonchev–Trinajstić information content (AvgIpc) is 2.54. The van der Waals surface area contributed by atoms with Crippen molar-refractivity contribution in [2.24, 2.45) is 4.99 Å². The highest BCUT2D eigenvalue weighted by atomic mass is 19.2. The lowest BCUT2D eigenvalue weighted by Gasteiger charge is -2.12. The van der Waals surface area contributed by atoms with Crippen molar-refractivity contribution in [3.63, 3.8) is 0 Å². The summed E-state index contributed by atoms with van der Waals surface area (Å²) in [6.45, 7) is 0. The molecule has 4 nitrogen and oxygen atoms in total. The van der Waals surface area contributed by atoms with Crippen molar-refractivity contribution in [1.29, 1.82) is 0 Å². The molecule has 2 aromatic rings. The first-order valence-electron chi connectivity index (χ1n) is 6.38. The van der Waals surface area contributed by atoms with Gasteiger partial charge in [-0.3, -0.25) is 4.99 Å². The summed E-state index contributed by atoms with van der Waals surface area (Å²) in [7, 11) is 4.52. The molecule has 0 aliphatic rings. The van der Waals surface area contributed by atoms with E-state index in [4.69, 9.17) is 14.2 Å². The molecule has 0 unspecified atom stereocenters. The Morgan fingerprint density at radius 2 is 1.50 bits per heavy atom. The molecule has 0 N–H and O–H groups in total. The second-order valence-corrected chi connectivity index (χ2v) is 4.32. The number of hydrogen-bond acceptors (Lipinski definition) is 4. The van der Waals surface area contributed by atoms with Gasteiger partial charge in [0.1, 0.15) is 0 Å². The van der Waals surface area contributed by atoms with Crippen LogP contribution in [-0.2, 0) is 0 Å². The van der Waals surface area contributed by atoms with E-state index in [1.54, 1.807) is 12.1 Å². The van der Waals surface area contributed by atoms with Crippen LogP contribution >= 0.6 is 0 Å². The molecule has 2 aromatic carbocycles. The van der Waals surface area contributed by atoms with Crippen LogP contribution in [0.2, 0.25) is 0 Å². The molecule has 6 heteroatoms. The number of hydrogen-bond donors (Lipinski definition) is 0. The van der Waals surface area contributed by atoms with Gasteiger partial charge in [0.2, 0.25) is 5.75 Å². The lowest BCUT2D eigenvalue weighted by atomic mass is 10.2. The second kappa shape index (κ2) is 6.89. The first-order valence-corrected chi connectivity index (χ1v) is 6.38. The third kappa shape index (κ3) is 3.33. The smallest absolute Gasteiger partial charge is 0.203 e. The van der Waals surface area contributed by atoms with Gasteiger partial charge in [-0.1, -0.05) is 0 Å². The molecule has 0 amide bonds. The zero-order valence-electron chi connectivity index (χ0n) is 12.4. The molecule has 0 aromatic heterocycles. The van der Waals surface area contributed by atoms with E-state index in [1.165, 1.54) is 33.6 Å². The Morgan fingerprint density at radius 3 is 2.00 bits per heavy atom. The van der Waals surface area contributed by atoms with Gasteiger partial charge in [0.05, 0.1) is 27.0 Å². The summed E-state index contributed by atoms with van der Waals surface area (Å²) in [5.74, 6) is -0.427. The Morgan fingerprint density at radius 1 is 0.864 bits per heavy atom. The number of benzene rings is 2. The fourth-order valence-corrected chi connectivity index (χ4v) is 1.89. The molecule has 0 saturated carbocycles. The molecule has 22 heavy (non-hydrogen) atoms. The van der Waals surface area contributed by atoms with Gasteiger partial charge in [-0.15, -0.1) is 0 Å². The molecule has 2 rings (SSSR count). The molecular weight excluding hydrogens is 292 g/mol. The number of aliphatic imine (C=N–C) groups is 1. The van der Waals surface area contributed by atoms with Gasteiger partial charge in [0.15, 0.2) is 23.1 Å². The lowest BCUT2D eigenvalue weighted by Crippen LogP contribution is -1.96. The Labute approximate surface area is 127 Å². The topological polar surface area (TPSA) is 40.0 Å². The fraction of sp³-hybridized carbons (Fsp3) is 0.188. The fourth-order valence-electron chi connectivity index (χ4n) is 1.89. The van der Waals surface area contributed by atoms with E-state index in [0.29, 0.717) is 28.5 Å². The van der Waals surface area contributed by atoms with Crippen molar-refractivity contribution in [2.45, 2.75) is 0 Å². The monoisotopic (exact) mass is 307 g/mol. The van der Waals surface area contributed by atoms with Crippen LogP contribution in [-0.4, -0.2) is 27.5 Å². The SMILES string of the molecule is COc1cc(C=Nc2ccc(F)c(F)c2)cc(OC)c1OC. The van der Waals surface area contributed by atoms with Crippen LogP contribution in [0.1, 0.15) is 5.56 Å². The van der Waals surface area contributed by atoms with Crippen LogP contribution in [0.15, 0.2) is 35.3 Å². The third-order valence-corrected chi connectivity index (χ3v) is 2.95. The van der Waals surface area contributed by atoms with Crippen LogP contribution in [0.3, 0.4) is 0 Å². The first-order chi connectivity index (χ1) is 10.6. The van der Waals surface area contributed by atoms with Crippen molar-refractivity contribution in [2.75, 3.05) is 21.3 Å². The number of ether oxygens (including phenoxy) is 3. The largest absolute Gasteiger partial charge is 0.493 e. The van der Waals surface area contributed by atoms with Gasteiger partial charge in [0.25, 0.3) is 0 Å². The van der Waals surface area contributed by atoms with E-state index in [-0.39, 0.29) is 0 Å². The van der Waals surface area contributed by atoms with Crippen molar-refractivity contribution in [1.82, 2.24) is 0 Å². The Kier molecular flexibility index (Phi) is 4.93. The van der Waals surface area contributed by atoms with Gasteiger partial charge < -0.3 is 14.2 Å². The minimum atomic E-state index is -0.945. The van der Waals surface area contributed by atoms with E-state index in [2.05, 4.69) is 4.99 Å². The van der Waals surface area contributed by atoms with Crippen LogP contribution < -0.4 is 14.2 Å². The molecule has 0 saturated heterocycles. The zero-order chi connectivity index (χ0) is 16.1. The summed E-state index contributed by atoms with van der Waals surface area (Å²) in [4.78, 5) is 4.10. The number of nitrogens with zero attached hydrogens (tertiary/aromatic N) is 1. The van der Waals surface area contributed by atoms with Crippen molar-refractivity contribution >= 4 is 11.9 Å². The zero-order valence-corrected chi connectivity index (χ0v) is 12.4. The Hall–Kier alpha value is -2.63. The molecule has 0 fully saturated rings. The first kappa shape index (κ1) is 15.8. The highest BCUT2D eigenvalue weighted by Crippen LogP contribution is 2.37. The second-order valence-electron chi connectivity index (χ2n) is 4.32. The van der Waals surface area contributed by atoms with Crippen LogP contribution in [0.25, 0.3) is 0 Å². The van der Waals surface area contributed by atoms with E-state index in [0.717, 1.165) is 12.1 Å². The Balaban J connectivity index is 2.36. The average molecular weight is 307 g/mol. The van der Waals surface area contributed by atoms with E-state index < -0.39 is 11.6 Å². The maximum atomic E-state index is 13.1. The summed E-state index contributed by atoms with van der Waals surface area (Å²) >= 11 is 0. The van der Waals surface area contributed by atoms with Crippen LogP contribution in [0.4, 0.5) is 14.5 Å². The molecule has 116 valence electrons. The van der Waals surface area contributed by atoms with Gasteiger partial charge in [-0.2, -0.15) is 0 Å². The molecule has 0 aliphatic carbocycles. The number of methoxy groups -OCH3 is 3. The number of rotatable bonds is 5. The molecule has 0 heterocycles. The van der Waals surface area contributed by atoms with Crippen molar-refractivity contribution in [3.8, 4) is 17.2 Å². The molecule has 0 bridgehead atoms. The predicted octanol–water partition coefficient (Wildman–Crippen LogP) is 3.74. The van der Waals surface area contributed by atoms with Gasteiger partial charge in [-0.05, 0) is 24.3 Å². The van der Waals surface area contributed by atoms with E-state index in [9.17, 15) is 8.78 Å². The van der Waals surface area contributed by atoms with Crippen molar-refractivity contribution < 1.29 is 23.0 Å². The minimum Gasteiger partial charge on any atom is -0.493 e. The summed E-state index contributed by atoms with van der Waals surface area (Å²) < 4.78 is 41.7. The Bertz CT molecular complexity index is 677. The summed E-state index contributed by atoms with van der Waals surface area (Å²) in [5, 5.41) is 0. The highest BCUT2D eigenvalue weighted by molar-refractivity contribution is 5.84. The molecule has 0 radical (unpaired) electrons.